The Kier molecular flexibility index (Phi) is 3.96. The van der Waals surface area contributed by atoms with E-state index in [1.807, 2.05) is 6.92 Å². The lowest BCUT2D eigenvalue weighted by molar-refractivity contribution is 0.100. The van der Waals surface area contributed by atoms with Crippen LogP contribution in [-0.2, 0) is 10.8 Å². The quantitative estimate of drug-likeness (QED) is 0.637. The van der Waals surface area contributed by atoms with Crippen molar-refractivity contribution < 1.29 is 14.1 Å². The van der Waals surface area contributed by atoms with Crippen LogP contribution in [0.5, 0.6) is 5.75 Å². The SMILES string of the molecule is Cc1ccc(O)c(C)c1-n1c(N)c(C(N)=O)c2cc(S(=O)C3CC3)cnc21. The number of amides is 1. The Morgan fingerprint density at radius 1 is 1.33 bits per heavy atom. The minimum atomic E-state index is -1.16. The summed E-state index contributed by atoms with van der Waals surface area (Å²) in [6.07, 6.45) is 3.42. The molecular weight excluding hydrogens is 364 g/mol. The maximum Gasteiger partial charge on any atom is 0.253 e. The van der Waals surface area contributed by atoms with Gasteiger partial charge in [-0.15, -0.1) is 0 Å². The Bertz CT molecular complexity index is 1130. The Morgan fingerprint density at radius 3 is 2.67 bits per heavy atom. The van der Waals surface area contributed by atoms with E-state index in [2.05, 4.69) is 4.98 Å². The number of rotatable bonds is 4. The van der Waals surface area contributed by atoms with Gasteiger partial charge < -0.3 is 16.6 Å². The zero-order chi connectivity index (χ0) is 19.5. The number of hydrogen-bond donors (Lipinski definition) is 3. The summed E-state index contributed by atoms with van der Waals surface area (Å²) in [5, 5.41) is 10.8. The number of primary amides is 1. The normalized spacial score (nSPS) is 15.2. The number of nitrogens with two attached hydrogens (primary N) is 2. The van der Waals surface area contributed by atoms with Gasteiger partial charge in [0.1, 0.15) is 17.2 Å². The number of phenols is 1. The number of hydrogen-bond acceptors (Lipinski definition) is 5. The number of aromatic hydroxyl groups is 1. The number of benzene rings is 1. The van der Waals surface area contributed by atoms with Crippen LogP contribution in [0.15, 0.2) is 29.3 Å². The van der Waals surface area contributed by atoms with Gasteiger partial charge in [0.15, 0.2) is 0 Å². The molecule has 8 heteroatoms. The van der Waals surface area contributed by atoms with Crippen LogP contribution >= 0.6 is 0 Å². The minimum Gasteiger partial charge on any atom is -0.508 e. The van der Waals surface area contributed by atoms with E-state index in [0.717, 1.165) is 18.4 Å². The number of nitrogen functional groups attached to an aromatic ring is 1. The summed E-state index contributed by atoms with van der Waals surface area (Å²) in [5.74, 6) is -0.414. The lowest BCUT2D eigenvalue weighted by Gasteiger charge is -2.15. The Balaban J connectivity index is 2.05. The van der Waals surface area contributed by atoms with Crippen LogP contribution in [0.25, 0.3) is 16.7 Å². The highest BCUT2D eigenvalue weighted by Crippen LogP contribution is 2.37. The van der Waals surface area contributed by atoms with Crippen molar-refractivity contribution in [3.8, 4) is 11.4 Å². The molecule has 1 amide bonds. The summed E-state index contributed by atoms with van der Waals surface area (Å²) in [7, 11) is -1.16. The van der Waals surface area contributed by atoms with Gasteiger partial charge in [-0.3, -0.25) is 13.6 Å². The van der Waals surface area contributed by atoms with Crippen LogP contribution in [0.2, 0.25) is 0 Å². The molecule has 1 aromatic carbocycles. The van der Waals surface area contributed by atoms with Gasteiger partial charge in [-0.2, -0.15) is 0 Å². The van der Waals surface area contributed by atoms with Gasteiger partial charge in [0.05, 0.1) is 26.9 Å². The highest BCUT2D eigenvalue weighted by Gasteiger charge is 2.31. The van der Waals surface area contributed by atoms with Gasteiger partial charge in [0, 0.05) is 22.4 Å². The van der Waals surface area contributed by atoms with E-state index < -0.39 is 16.7 Å². The highest BCUT2D eigenvalue weighted by atomic mass is 32.2. The monoisotopic (exact) mass is 384 g/mol. The van der Waals surface area contributed by atoms with Gasteiger partial charge in [0.2, 0.25) is 0 Å². The summed E-state index contributed by atoms with van der Waals surface area (Å²) < 4.78 is 14.2. The molecule has 0 saturated heterocycles. The number of carbonyl (C=O) groups excluding carboxylic acids is 1. The maximum absolute atomic E-state index is 12.5. The van der Waals surface area contributed by atoms with E-state index >= 15 is 0 Å². The van der Waals surface area contributed by atoms with Gasteiger partial charge in [-0.1, -0.05) is 6.07 Å². The van der Waals surface area contributed by atoms with Crippen LogP contribution in [0.1, 0.15) is 34.3 Å². The molecule has 3 aromatic rings. The molecule has 0 radical (unpaired) electrons. The third-order valence-corrected chi connectivity index (χ3v) is 6.72. The van der Waals surface area contributed by atoms with Crippen LogP contribution in [0.4, 0.5) is 5.82 Å². The first-order valence-corrected chi connectivity index (χ1v) is 9.82. The molecule has 7 nitrogen and oxygen atoms in total. The molecule has 4 rings (SSSR count). The Labute approximate surface area is 158 Å². The first kappa shape index (κ1) is 17.5. The summed E-state index contributed by atoms with van der Waals surface area (Å²) in [4.78, 5) is 17.1. The molecule has 1 saturated carbocycles. The average molecular weight is 384 g/mol. The predicted octanol–water partition coefficient (Wildman–Crippen LogP) is 2.30. The Hall–Kier alpha value is -2.87. The molecule has 140 valence electrons. The highest BCUT2D eigenvalue weighted by molar-refractivity contribution is 7.86. The fourth-order valence-electron chi connectivity index (χ4n) is 3.40. The maximum atomic E-state index is 12.5. The third-order valence-electron chi connectivity index (χ3n) is 4.95. The second-order valence-electron chi connectivity index (χ2n) is 6.87. The number of pyridine rings is 1. The molecule has 1 atom stereocenters. The standard InChI is InChI=1S/C19H20N4O3S/c1-9-3-6-14(24)10(2)16(9)23-17(20)15(18(21)25)13-7-12(8-22-19(13)23)27(26)11-4-5-11/h3,6-8,11,24H,4-5,20H2,1-2H3,(H2,21,25). The van der Waals surface area contributed by atoms with Crippen molar-refractivity contribution in [2.24, 2.45) is 5.73 Å². The molecule has 2 aromatic heterocycles. The number of fused-ring (bicyclic) bond motifs is 1. The lowest BCUT2D eigenvalue weighted by atomic mass is 10.1. The van der Waals surface area contributed by atoms with Gasteiger partial charge in [-0.05, 0) is 44.4 Å². The molecule has 1 fully saturated rings. The van der Waals surface area contributed by atoms with E-state index in [1.54, 1.807) is 35.9 Å². The molecule has 0 bridgehead atoms. The summed E-state index contributed by atoms with van der Waals surface area (Å²) in [5.41, 5.74) is 14.6. The van der Waals surface area contributed by atoms with Crippen molar-refractivity contribution in [2.75, 3.05) is 5.73 Å². The van der Waals surface area contributed by atoms with Crippen molar-refractivity contribution in [1.29, 1.82) is 0 Å². The molecule has 1 unspecified atom stereocenters. The summed E-state index contributed by atoms with van der Waals surface area (Å²) in [6, 6.07) is 5.07. The molecule has 1 aliphatic rings. The first-order chi connectivity index (χ1) is 12.8. The third kappa shape index (κ3) is 2.68. The lowest BCUT2D eigenvalue weighted by Crippen LogP contribution is -2.14. The number of aromatic nitrogens is 2. The van der Waals surface area contributed by atoms with Gasteiger partial charge in [0.25, 0.3) is 5.91 Å². The molecule has 2 heterocycles. The fraction of sp³-hybridized carbons (Fsp3) is 0.263. The average Bonchev–Trinajstić information content (AvgIpc) is 3.42. The zero-order valence-electron chi connectivity index (χ0n) is 15.0. The Morgan fingerprint density at radius 2 is 2.04 bits per heavy atom. The molecule has 0 spiro atoms. The van der Waals surface area contributed by atoms with E-state index in [0.29, 0.717) is 27.2 Å². The molecular formula is C19H20N4O3S. The van der Waals surface area contributed by atoms with Crippen molar-refractivity contribution in [2.45, 2.75) is 36.8 Å². The van der Waals surface area contributed by atoms with Gasteiger partial charge in [-0.25, -0.2) is 4.98 Å². The molecule has 1 aliphatic carbocycles. The summed E-state index contributed by atoms with van der Waals surface area (Å²) in [6.45, 7) is 3.65. The minimum absolute atomic E-state index is 0.115. The van der Waals surface area contributed by atoms with Crippen LogP contribution in [0.3, 0.4) is 0 Å². The topological polar surface area (TPSA) is 124 Å². The summed E-state index contributed by atoms with van der Waals surface area (Å²) >= 11 is 0. The zero-order valence-corrected chi connectivity index (χ0v) is 15.8. The van der Waals surface area contributed by atoms with E-state index in [-0.39, 0.29) is 22.4 Å². The smallest absolute Gasteiger partial charge is 0.253 e. The molecule has 27 heavy (non-hydrogen) atoms. The number of carbonyl (C=O) groups is 1. The molecule has 0 aliphatic heterocycles. The second kappa shape index (κ2) is 6.09. The number of nitrogens with zero attached hydrogens (tertiary/aromatic N) is 2. The molecule has 5 N–H and O–H groups in total. The van der Waals surface area contributed by atoms with Crippen LogP contribution in [0, 0.1) is 13.8 Å². The van der Waals surface area contributed by atoms with Gasteiger partial charge >= 0.3 is 0 Å². The first-order valence-electron chi connectivity index (χ1n) is 8.61. The van der Waals surface area contributed by atoms with Crippen molar-refractivity contribution in [3.63, 3.8) is 0 Å². The van der Waals surface area contributed by atoms with Crippen LogP contribution < -0.4 is 11.5 Å². The number of anilines is 1. The second-order valence-corrected chi connectivity index (χ2v) is 8.61. The van der Waals surface area contributed by atoms with Crippen molar-refractivity contribution >= 4 is 33.6 Å². The van der Waals surface area contributed by atoms with Crippen molar-refractivity contribution in [1.82, 2.24) is 9.55 Å². The van der Waals surface area contributed by atoms with E-state index in [9.17, 15) is 14.1 Å². The number of aryl methyl sites for hydroxylation is 1. The fourth-order valence-corrected chi connectivity index (χ4v) is 4.74. The largest absolute Gasteiger partial charge is 0.508 e. The predicted molar refractivity (Wildman–Crippen MR) is 105 cm³/mol. The van der Waals surface area contributed by atoms with Crippen LogP contribution in [-0.4, -0.2) is 30.0 Å². The number of phenolic OH excluding ortho intramolecular Hbond substituents is 1. The van der Waals surface area contributed by atoms with E-state index in [1.165, 1.54) is 0 Å². The van der Waals surface area contributed by atoms with E-state index in [4.69, 9.17) is 11.5 Å². The van der Waals surface area contributed by atoms with Crippen molar-refractivity contribution in [3.05, 3.63) is 41.1 Å².